The fraction of sp³-hybridized carbons (Fsp3) is 0.417. The number of aromatic amines is 1. The molecule has 1 aliphatic carbocycles. The molecule has 0 bridgehead atoms. The van der Waals surface area contributed by atoms with Crippen molar-refractivity contribution in [3.63, 3.8) is 0 Å². The maximum Gasteiger partial charge on any atom is 0.262 e. The quantitative estimate of drug-likeness (QED) is 0.284. The largest absolute Gasteiger partial charge is 0.355 e. The van der Waals surface area contributed by atoms with Crippen molar-refractivity contribution in [3.8, 4) is 0 Å². The highest BCUT2D eigenvalue weighted by molar-refractivity contribution is 7.99. The molecular weight excluding hydrogens is 446 g/mol. The Morgan fingerprint density at radius 3 is 2.59 bits per heavy atom. The first kappa shape index (κ1) is 22.8. The van der Waals surface area contributed by atoms with Crippen molar-refractivity contribution in [2.45, 2.75) is 64.1 Å². The Hall–Kier alpha value is -2.38. The average molecular weight is 472 g/mol. The van der Waals surface area contributed by atoms with Gasteiger partial charge in [-0.1, -0.05) is 42.6 Å². The Bertz CT molecular complexity index is 1270. The van der Waals surface area contributed by atoms with Gasteiger partial charge in [0.1, 0.15) is 0 Å². The van der Waals surface area contributed by atoms with Crippen LogP contribution in [0.3, 0.4) is 0 Å². The zero-order valence-corrected chi connectivity index (χ0v) is 20.0. The van der Waals surface area contributed by atoms with Crippen molar-refractivity contribution in [1.29, 1.82) is 0 Å². The number of nitrogens with zero attached hydrogens (tertiary/aromatic N) is 2. The summed E-state index contributed by atoms with van der Waals surface area (Å²) in [6, 6.07) is 5.20. The lowest BCUT2D eigenvalue weighted by Gasteiger charge is -2.26. The molecule has 1 aliphatic rings. The van der Waals surface area contributed by atoms with Crippen molar-refractivity contribution in [2.75, 3.05) is 5.75 Å². The third kappa shape index (κ3) is 4.28. The van der Waals surface area contributed by atoms with Crippen LogP contribution in [0.5, 0.6) is 0 Å². The molecule has 1 saturated carbocycles. The highest BCUT2D eigenvalue weighted by Gasteiger charge is 2.24. The normalized spacial score (nSPS) is 14.8. The summed E-state index contributed by atoms with van der Waals surface area (Å²) in [7, 11) is 0. The van der Waals surface area contributed by atoms with Crippen LogP contribution in [0.1, 0.15) is 77.2 Å². The van der Waals surface area contributed by atoms with Crippen LogP contribution < -0.4 is 5.56 Å². The molecule has 8 heteroatoms. The number of hydrogen-bond donors (Lipinski definition) is 1. The van der Waals surface area contributed by atoms with E-state index in [1.54, 1.807) is 36.6 Å². The number of aryl methyl sites for hydroxylation is 1. The van der Waals surface area contributed by atoms with Crippen LogP contribution in [-0.4, -0.2) is 31.9 Å². The number of carbonyl (C=O) groups is 2. The maximum atomic E-state index is 13.4. The van der Waals surface area contributed by atoms with Crippen LogP contribution >= 0.6 is 23.4 Å². The number of aromatic nitrogens is 3. The number of ketones is 2. The molecule has 4 rings (SSSR count). The number of H-pyrrole nitrogens is 1. The SMILES string of the molecule is CC(=O)c1c(C)[nH]c(C(=O)CSc2nc3cc(Cl)ccc3c(=O)n2C2CCCCC2)c1C. The topological polar surface area (TPSA) is 84.8 Å². The first-order valence-electron chi connectivity index (χ1n) is 10.9. The molecule has 1 N–H and O–H groups in total. The van der Waals surface area contributed by atoms with Gasteiger partial charge in [-0.15, -0.1) is 0 Å². The van der Waals surface area contributed by atoms with Crippen LogP contribution in [0.2, 0.25) is 5.02 Å². The van der Waals surface area contributed by atoms with E-state index in [4.69, 9.17) is 16.6 Å². The molecule has 0 spiro atoms. The van der Waals surface area contributed by atoms with Crippen LogP contribution in [-0.2, 0) is 0 Å². The molecule has 32 heavy (non-hydrogen) atoms. The predicted molar refractivity (Wildman–Crippen MR) is 128 cm³/mol. The zero-order chi connectivity index (χ0) is 23.0. The van der Waals surface area contributed by atoms with E-state index in [-0.39, 0.29) is 28.9 Å². The van der Waals surface area contributed by atoms with Crippen molar-refractivity contribution in [1.82, 2.24) is 14.5 Å². The van der Waals surface area contributed by atoms with E-state index in [9.17, 15) is 14.4 Å². The van der Waals surface area contributed by atoms with E-state index in [1.165, 1.54) is 25.1 Å². The third-order valence-electron chi connectivity index (χ3n) is 6.17. The fourth-order valence-electron chi connectivity index (χ4n) is 4.67. The first-order valence-corrected chi connectivity index (χ1v) is 12.2. The number of benzene rings is 1. The molecule has 0 saturated heterocycles. The minimum absolute atomic E-state index is 0.0674. The van der Waals surface area contributed by atoms with E-state index in [0.29, 0.717) is 43.6 Å². The van der Waals surface area contributed by atoms with Crippen molar-refractivity contribution in [3.05, 3.63) is 56.1 Å². The van der Waals surface area contributed by atoms with Gasteiger partial charge in [-0.3, -0.25) is 19.0 Å². The number of nitrogens with one attached hydrogen (secondary N) is 1. The predicted octanol–water partition coefficient (Wildman–Crippen LogP) is 5.68. The van der Waals surface area contributed by atoms with Gasteiger partial charge in [0.2, 0.25) is 0 Å². The average Bonchev–Trinajstić information content (AvgIpc) is 3.06. The molecule has 168 valence electrons. The number of halogens is 1. The molecule has 2 heterocycles. The molecule has 0 unspecified atom stereocenters. The summed E-state index contributed by atoms with van der Waals surface area (Å²) < 4.78 is 1.78. The van der Waals surface area contributed by atoms with Gasteiger partial charge in [-0.2, -0.15) is 0 Å². The lowest BCUT2D eigenvalue weighted by molar-refractivity contribution is 0.101. The molecule has 3 aromatic rings. The summed E-state index contributed by atoms with van der Waals surface area (Å²) in [4.78, 5) is 46.1. The number of Topliss-reactive ketones (excluding diaryl/α,β-unsaturated/α-hetero) is 2. The molecule has 0 amide bonds. The molecule has 0 atom stereocenters. The van der Waals surface area contributed by atoms with Gasteiger partial charge in [-0.05, 0) is 57.4 Å². The van der Waals surface area contributed by atoms with E-state index in [1.807, 2.05) is 0 Å². The molecular formula is C24H26ClN3O3S. The fourth-order valence-corrected chi connectivity index (χ4v) is 5.78. The summed E-state index contributed by atoms with van der Waals surface area (Å²) in [5, 5.41) is 1.59. The zero-order valence-electron chi connectivity index (χ0n) is 18.5. The van der Waals surface area contributed by atoms with Gasteiger partial charge in [0.15, 0.2) is 16.7 Å². The van der Waals surface area contributed by atoms with Gasteiger partial charge in [0.05, 0.1) is 22.3 Å². The Labute approximate surface area is 195 Å². The third-order valence-corrected chi connectivity index (χ3v) is 7.36. The Morgan fingerprint density at radius 2 is 1.94 bits per heavy atom. The second-order valence-corrected chi connectivity index (χ2v) is 9.79. The summed E-state index contributed by atoms with van der Waals surface area (Å²) >= 11 is 7.40. The molecule has 0 radical (unpaired) electrons. The van der Waals surface area contributed by atoms with E-state index < -0.39 is 0 Å². The van der Waals surface area contributed by atoms with Crippen molar-refractivity contribution < 1.29 is 9.59 Å². The molecule has 1 aromatic carbocycles. The number of thioether (sulfide) groups is 1. The minimum Gasteiger partial charge on any atom is -0.355 e. The standard InChI is InChI=1S/C24H26ClN3O3S/c1-13-21(15(3)29)14(2)26-22(13)20(30)12-32-24-27-19-11-16(25)9-10-18(19)23(31)28(24)17-7-5-4-6-8-17/h9-11,17,26H,4-8,12H2,1-3H3. The van der Waals surface area contributed by atoms with Crippen molar-refractivity contribution >= 4 is 45.8 Å². The van der Waals surface area contributed by atoms with Gasteiger partial charge >= 0.3 is 0 Å². The van der Waals surface area contributed by atoms with Gasteiger partial charge in [-0.25, -0.2) is 4.98 Å². The summed E-state index contributed by atoms with van der Waals surface area (Å²) in [6.07, 6.45) is 5.19. The number of fused-ring (bicyclic) bond motifs is 1. The highest BCUT2D eigenvalue weighted by Crippen LogP contribution is 2.32. The van der Waals surface area contributed by atoms with Gasteiger partial charge in [0.25, 0.3) is 5.56 Å². The van der Waals surface area contributed by atoms with Crippen LogP contribution in [0, 0.1) is 13.8 Å². The smallest absolute Gasteiger partial charge is 0.262 e. The Morgan fingerprint density at radius 1 is 1.22 bits per heavy atom. The van der Waals surface area contributed by atoms with E-state index in [2.05, 4.69) is 4.98 Å². The number of hydrogen-bond acceptors (Lipinski definition) is 5. The first-order chi connectivity index (χ1) is 15.3. The monoisotopic (exact) mass is 471 g/mol. The molecule has 2 aromatic heterocycles. The lowest BCUT2D eigenvalue weighted by atomic mass is 9.95. The number of carbonyl (C=O) groups excluding carboxylic acids is 2. The van der Waals surface area contributed by atoms with Gasteiger partial charge in [0, 0.05) is 22.3 Å². The van der Waals surface area contributed by atoms with Crippen LogP contribution in [0.4, 0.5) is 0 Å². The van der Waals surface area contributed by atoms with Gasteiger partial charge < -0.3 is 4.98 Å². The molecule has 0 aliphatic heterocycles. The minimum atomic E-state index is -0.126. The van der Waals surface area contributed by atoms with E-state index >= 15 is 0 Å². The second kappa shape index (κ2) is 9.24. The Balaban J connectivity index is 1.70. The van der Waals surface area contributed by atoms with Crippen LogP contribution in [0.15, 0.2) is 28.2 Å². The molecule has 1 fully saturated rings. The highest BCUT2D eigenvalue weighted by atomic mass is 35.5. The summed E-state index contributed by atoms with van der Waals surface area (Å²) in [6.45, 7) is 5.08. The summed E-state index contributed by atoms with van der Waals surface area (Å²) in [5.41, 5.74) is 2.82. The Kier molecular flexibility index (Phi) is 6.58. The maximum absolute atomic E-state index is 13.4. The number of rotatable bonds is 6. The van der Waals surface area contributed by atoms with E-state index in [0.717, 1.165) is 25.7 Å². The second-order valence-electron chi connectivity index (χ2n) is 8.42. The summed E-state index contributed by atoms with van der Waals surface area (Å²) in [5.74, 6) is -0.0792. The molecule has 6 nitrogen and oxygen atoms in total. The van der Waals surface area contributed by atoms with Crippen molar-refractivity contribution in [2.24, 2.45) is 0 Å². The van der Waals surface area contributed by atoms with Crippen LogP contribution in [0.25, 0.3) is 10.9 Å². The lowest BCUT2D eigenvalue weighted by Crippen LogP contribution is -2.29.